The third kappa shape index (κ3) is 2.47. The number of piperidine rings is 1. The van der Waals surface area contributed by atoms with E-state index in [1.807, 2.05) is 12.1 Å². The van der Waals surface area contributed by atoms with Crippen molar-refractivity contribution >= 4 is 5.91 Å². The third-order valence-corrected chi connectivity index (χ3v) is 5.12. The van der Waals surface area contributed by atoms with E-state index in [4.69, 9.17) is 0 Å². The maximum absolute atomic E-state index is 12.4. The molecule has 1 saturated heterocycles. The molecule has 1 aliphatic heterocycles. The van der Waals surface area contributed by atoms with Crippen molar-refractivity contribution in [3.8, 4) is 0 Å². The second kappa shape index (κ2) is 5.21. The highest BCUT2D eigenvalue weighted by molar-refractivity contribution is 5.83. The molecule has 20 heavy (non-hydrogen) atoms. The average molecular weight is 272 g/mol. The van der Waals surface area contributed by atoms with Crippen LogP contribution < -0.4 is 10.6 Å². The minimum atomic E-state index is 0.100. The average Bonchev–Trinajstić information content (AvgIpc) is 3.13. The molecule has 1 saturated carbocycles. The Hall–Kier alpha value is -1.35. The van der Waals surface area contributed by atoms with Gasteiger partial charge in [-0.2, -0.15) is 0 Å². The van der Waals surface area contributed by atoms with Gasteiger partial charge in [-0.25, -0.2) is 0 Å². The fourth-order valence-corrected chi connectivity index (χ4v) is 3.66. The van der Waals surface area contributed by atoms with E-state index in [-0.39, 0.29) is 17.9 Å². The standard InChI is InChI=1S/C17H24N2O/c1-12-5-3-4-6-14(12)13(2)19-16(20)15-11-17(15)7-9-18-10-8-17/h3-6,13,15,18H,7-11H2,1-2H3,(H,19,20)/t13-,15?/m1/s1. The van der Waals surface area contributed by atoms with Crippen molar-refractivity contribution < 1.29 is 4.79 Å². The van der Waals surface area contributed by atoms with Crippen molar-refractivity contribution in [2.24, 2.45) is 11.3 Å². The zero-order chi connectivity index (χ0) is 14.2. The molecule has 1 aromatic rings. The fraction of sp³-hybridized carbons (Fsp3) is 0.588. The third-order valence-electron chi connectivity index (χ3n) is 5.12. The molecule has 1 unspecified atom stereocenters. The van der Waals surface area contributed by atoms with Crippen LogP contribution in [0.3, 0.4) is 0 Å². The predicted molar refractivity (Wildman–Crippen MR) is 80.4 cm³/mol. The number of hydrogen-bond acceptors (Lipinski definition) is 2. The summed E-state index contributed by atoms with van der Waals surface area (Å²) < 4.78 is 0. The van der Waals surface area contributed by atoms with Crippen molar-refractivity contribution in [2.75, 3.05) is 13.1 Å². The number of nitrogens with one attached hydrogen (secondary N) is 2. The van der Waals surface area contributed by atoms with Crippen LogP contribution in [0.25, 0.3) is 0 Å². The molecule has 3 heteroatoms. The van der Waals surface area contributed by atoms with Gasteiger partial charge in [0.05, 0.1) is 6.04 Å². The molecule has 0 bridgehead atoms. The maximum atomic E-state index is 12.4. The van der Waals surface area contributed by atoms with Gasteiger partial charge in [0.25, 0.3) is 0 Å². The van der Waals surface area contributed by atoms with Gasteiger partial charge >= 0.3 is 0 Å². The van der Waals surface area contributed by atoms with Crippen LogP contribution in [0, 0.1) is 18.3 Å². The second-order valence-corrected chi connectivity index (χ2v) is 6.46. The van der Waals surface area contributed by atoms with E-state index in [2.05, 4.69) is 36.6 Å². The van der Waals surface area contributed by atoms with Crippen LogP contribution in [0.15, 0.2) is 24.3 Å². The maximum Gasteiger partial charge on any atom is 0.224 e. The molecular formula is C17H24N2O. The molecule has 1 aromatic carbocycles. The van der Waals surface area contributed by atoms with Gasteiger partial charge in [0, 0.05) is 5.92 Å². The number of rotatable bonds is 3. The van der Waals surface area contributed by atoms with Gasteiger partial charge in [0.15, 0.2) is 0 Å². The van der Waals surface area contributed by atoms with E-state index >= 15 is 0 Å². The molecule has 1 amide bonds. The summed E-state index contributed by atoms with van der Waals surface area (Å²) in [5.74, 6) is 0.499. The minimum Gasteiger partial charge on any atom is -0.349 e. The SMILES string of the molecule is Cc1ccccc1[C@@H](C)NC(=O)C1CC12CCNCC2. The molecule has 3 nitrogen and oxygen atoms in total. The zero-order valence-corrected chi connectivity index (χ0v) is 12.4. The summed E-state index contributed by atoms with van der Waals surface area (Å²) in [5, 5.41) is 6.59. The predicted octanol–water partition coefficient (Wildman–Crippen LogP) is 2.56. The molecule has 1 heterocycles. The van der Waals surface area contributed by atoms with Gasteiger partial charge in [-0.1, -0.05) is 24.3 Å². The molecular weight excluding hydrogens is 248 g/mol. The molecule has 1 spiro atoms. The van der Waals surface area contributed by atoms with Crippen molar-refractivity contribution in [3.63, 3.8) is 0 Å². The van der Waals surface area contributed by atoms with Gasteiger partial charge in [0.1, 0.15) is 0 Å². The van der Waals surface area contributed by atoms with Crippen LogP contribution in [-0.4, -0.2) is 19.0 Å². The normalized spacial score (nSPS) is 25.2. The van der Waals surface area contributed by atoms with Gasteiger partial charge in [-0.3, -0.25) is 4.79 Å². The van der Waals surface area contributed by atoms with Crippen LogP contribution in [-0.2, 0) is 4.79 Å². The van der Waals surface area contributed by atoms with Crippen LogP contribution >= 0.6 is 0 Å². The summed E-state index contributed by atoms with van der Waals surface area (Å²) in [7, 11) is 0. The number of carbonyl (C=O) groups is 1. The lowest BCUT2D eigenvalue weighted by molar-refractivity contribution is -0.123. The van der Waals surface area contributed by atoms with Crippen LogP contribution in [0.4, 0.5) is 0 Å². The lowest BCUT2D eigenvalue weighted by Gasteiger charge is -2.24. The van der Waals surface area contributed by atoms with Gasteiger partial charge in [-0.05, 0) is 62.7 Å². The molecule has 108 valence electrons. The highest BCUT2D eigenvalue weighted by Crippen LogP contribution is 2.58. The molecule has 2 atom stereocenters. The van der Waals surface area contributed by atoms with Gasteiger partial charge in [0.2, 0.25) is 5.91 Å². The Labute approximate surface area is 121 Å². The number of carbonyl (C=O) groups excluding carboxylic acids is 1. The van der Waals surface area contributed by atoms with E-state index in [1.165, 1.54) is 11.1 Å². The van der Waals surface area contributed by atoms with E-state index in [1.54, 1.807) is 0 Å². The lowest BCUT2D eigenvalue weighted by atomic mass is 9.91. The van der Waals surface area contributed by atoms with Crippen molar-refractivity contribution in [1.82, 2.24) is 10.6 Å². The first kappa shape index (κ1) is 13.6. The van der Waals surface area contributed by atoms with Crippen molar-refractivity contribution in [3.05, 3.63) is 35.4 Å². The summed E-state index contributed by atoms with van der Waals surface area (Å²) in [5.41, 5.74) is 2.79. The first-order chi connectivity index (χ1) is 9.62. The molecule has 2 aliphatic rings. The summed E-state index contributed by atoms with van der Waals surface area (Å²) in [4.78, 5) is 12.4. The van der Waals surface area contributed by atoms with Crippen molar-refractivity contribution in [2.45, 2.75) is 39.2 Å². The summed E-state index contributed by atoms with van der Waals surface area (Å²) in [6.45, 7) is 6.31. The summed E-state index contributed by atoms with van der Waals surface area (Å²) >= 11 is 0. The first-order valence-electron chi connectivity index (χ1n) is 7.69. The number of benzene rings is 1. The van der Waals surface area contributed by atoms with E-state index in [9.17, 15) is 4.79 Å². The number of aryl methyl sites for hydroxylation is 1. The molecule has 2 fully saturated rings. The highest BCUT2D eigenvalue weighted by atomic mass is 16.2. The Morgan fingerprint density at radius 2 is 2.05 bits per heavy atom. The number of amides is 1. The summed E-state index contributed by atoms with van der Waals surface area (Å²) in [6, 6.07) is 8.38. The van der Waals surface area contributed by atoms with Gasteiger partial charge in [-0.15, -0.1) is 0 Å². The fourth-order valence-electron chi connectivity index (χ4n) is 3.66. The number of hydrogen-bond donors (Lipinski definition) is 2. The van der Waals surface area contributed by atoms with E-state index < -0.39 is 0 Å². The largest absolute Gasteiger partial charge is 0.349 e. The minimum absolute atomic E-state index is 0.100. The Balaban J connectivity index is 1.61. The molecule has 3 rings (SSSR count). The highest BCUT2D eigenvalue weighted by Gasteiger charge is 2.57. The first-order valence-corrected chi connectivity index (χ1v) is 7.69. The van der Waals surface area contributed by atoms with Crippen LogP contribution in [0.1, 0.15) is 43.4 Å². The zero-order valence-electron chi connectivity index (χ0n) is 12.4. The topological polar surface area (TPSA) is 41.1 Å². The van der Waals surface area contributed by atoms with Gasteiger partial charge < -0.3 is 10.6 Å². The Kier molecular flexibility index (Phi) is 3.55. The van der Waals surface area contributed by atoms with Crippen LogP contribution in [0.2, 0.25) is 0 Å². The Morgan fingerprint density at radius 1 is 1.35 bits per heavy atom. The summed E-state index contributed by atoms with van der Waals surface area (Å²) in [6.07, 6.45) is 3.40. The van der Waals surface area contributed by atoms with E-state index in [0.29, 0.717) is 5.41 Å². The van der Waals surface area contributed by atoms with Crippen LogP contribution in [0.5, 0.6) is 0 Å². The second-order valence-electron chi connectivity index (χ2n) is 6.46. The quantitative estimate of drug-likeness (QED) is 0.888. The molecule has 0 aromatic heterocycles. The molecule has 2 N–H and O–H groups in total. The monoisotopic (exact) mass is 272 g/mol. The molecule has 0 radical (unpaired) electrons. The smallest absolute Gasteiger partial charge is 0.224 e. The lowest BCUT2D eigenvalue weighted by Crippen LogP contribution is -2.34. The van der Waals surface area contributed by atoms with E-state index in [0.717, 1.165) is 32.4 Å². The Bertz CT molecular complexity index is 505. The van der Waals surface area contributed by atoms with Crippen molar-refractivity contribution in [1.29, 1.82) is 0 Å². The Morgan fingerprint density at radius 3 is 2.75 bits per heavy atom. The molecule has 1 aliphatic carbocycles.